The minimum atomic E-state index is -4.52. The number of azide groups is 1. The SMILES string of the molecule is CCOC(=O)C1CCC(O)CC1.CCOC(=O)C1CCC(n2c(C(F)(F)F)nc3ccccc32)CC1.CS(=O)(=O)OCC1CCC(n2c(C(F)(F)F)nc3ccccc32)CC1.FC(F)(F)C1Nc2ccccc2N1.NCC1CCC(n2c(C(F)(F)F)nc3ccccc32)CC1.OCC1CCC(n2c(C(F)(F)F)nc3ccccc32)CC1.[N-]=[N+]=NCC1CCC(n2c(C(F)(F)F)nc3ccccc32)CC1. The predicted molar refractivity (Wildman–Crippen MR) is 484 cm³/mol. The first-order chi connectivity index (χ1) is 65.9. The first-order valence-electron chi connectivity index (χ1n) is 46.5. The minimum Gasteiger partial charge on any atom is -0.466 e. The molecule has 6 aliphatic carbocycles. The van der Waals surface area contributed by atoms with Gasteiger partial charge in [0.05, 0.1) is 111 Å². The van der Waals surface area contributed by atoms with Crippen LogP contribution < -0.4 is 16.4 Å². The van der Waals surface area contributed by atoms with Gasteiger partial charge in [-0.2, -0.15) is 87.4 Å². The van der Waals surface area contributed by atoms with Crippen molar-refractivity contribution in [3.05, 3.63) is 185 Å². The molecule has 6 saturated carbocycles. The zero-order valence-corrected chi connectivity index (χ0v) is 77.2. The lowest BCUT2D eigenvalue weighted by atomic mass is 9.86. The third-order valence-corrected chi connectivity index (χ3v) is 26.9. The maximum atomic E-state index is 13.4. The molecule has 1 aliphatic heterocycles. The van der Waals surface area contributed by atoms with Crippen LogP contribution in [0.15, 0.2) is 151 Å². The highest BCUT2D eigenvalue weighted by Crippen LogP contribution is 2.48. The number of anilines is 2. The summed E-state index contributed by atoms with van der Waals surface area (Å²) in [6.45, 7) is 5.57. The minimum absolute atomic E-state index is 0.0355. The van der Waals surface area contributed by atoms with E-state index >= 15 is 0 Å². The van der Waals surface area contributed by atoms with Gasteiger partial charge < -0.3 is 58.9 Å². The molecule has 7 aliphatic rings. The summed E-state index contributed by atoms with van der Waals surface area (Å²) < 4.78 is 280. The molecule has 0 radical (unpaired) electrons. The molecule has 6 heterocycles. The molecule has 11 aromatic rings. The lowest BCUT2D eigenvalue weighted by Crippen LogP contribution is -2.38. The van der Waals surface area contributed by atoms with Gasteiger partial charge in [0.25, 0.3) is 10.1 Å². The number of nitrogens with one attached hydrogen (secondary N) is 2. The van der Waals surface area contributed by atoms with Gasteiger partial charge in [-0.3, -0.25) is 13.8 Å². The summed E-state index contributed by atoms with van der Waals surface area (Å²) in [6, 6.07) is 38.9. The Bertz CT molecular complexity index is 5880. The van der Waals surface area contributed by atoms with Crippen LogP contribution in [0, 0.1) is 35.5 Å². The van der Waals surface area contributed by atoms with Crippen LogP contribution in [-0.2, 0) is 64.2 Å². The Kier molecular flexibility index (Phi) is 35.9. The zero-order valence-electron chi connectivity index (χ0n) is 76.4. The number of nitrogens with zero attached hydrogens (tertiary/aromatic N) is 13. The maximum Gasteiger partial charge on any atom is 0.449 e. The summed E-state index contributed by atoms with van der Waals surface area (Å²) in [4.78, 5) is 44.7. The Morgan fingerprint density at radius 2 is 0.669 bits per heavy atom. The monoisotopic (exact) mass is 1990 g/mol. The number of esters is 2. The molecule has 0 amide bonds. The normalized spacial score (nSPS) is 22.7. The number of aliphatic hydroxyl groups is 2. The van der Waals surface area contributed by atoms with Crippen molar-refractivity contribution in [3.8, 4) is 0 Å². The lowest BCUT2D eigenvalue weighted by Gasteiger charge is -2.30. The van der Waals surface area contributed by atoms with Crippen LogP contribution in [-0.4, -0.2) is 143 Å². The Morgan fingerprint density at radius 1 is 0.410 bits per heavy atom. The summed E-state index contributed by atoms with van der Waals surface area (Å²) >= 11 is 0. The van der Waals surface area contributed by atoms with Gasteiger partial charge in [0.15, 0.2) is 6.17 Å². The number of para-hydroxylation sites is 12. The summed E-state index contributed by atoms with van der Waals surface area (Å²) in [7, 11) is -3.50. The van der Waals surface area contributed by atoms with Crippen molar-refractivity contribution in [2.75, 3.05) is 56.4 Å². The van der Waals surface area contributed by atoms with Crippen LogP contribution in [0.3, 0.4) is 0 Å². The topological polar surface area (TPSA) is 324 Å². The molecule has 0 saturated heterocycles. The third-order valence-electron chi connectivity index (χ3n) is 26.3. The van der Waals surface area contributed by atoms with Gasteiger partial charge in [0.1, 0.15) is 0 Å². The van der Waals surface area contributed by atoms with E-state index in [2.05, 4.69) is 45.6 Å². The molecule has 18 rings (SSSR count). The van der Waals surface area contributed by atoms with Gasteiger partial charge in [-0.15, -0.1) is 0 Å². The van der Waals surface area contributed by atoms with Crippen molar-refractivity contribution in [1.82, 2.24) is 47.8 Å². The summed E-state index contributed by atoms with van der Waals surface area (Å²) in [5.74, 6) is -3.72. The number of imidazole rings is 5. The number of alkyl halides is 18. The fourth-order valence-corrected chi connectivity index (χ4v) is 19.9. The number of carbonyl (C=O) groups excluding carboxylic acids is 2. The van der Waals surface area contributed by atoms with Crippen molar-refractivity contribution in [2.45, 2.75) is 247 Å². The Hall–Kier alpha value is -11.0. The molecular formula is C95H112F18N16O9S. The van der Waals surface area contributed by atoms with E-state index in [4.69, 9.17) is 30.0 Å². The number of rotatable bonds is 16. The molecule has 6 aromatic carbocycles. The fraction of sp³-hybridized carbons (Fsp3) is 0.547. The largest absolute Gasteiger partial charge is 0.466 e. The van der Waals surface area contributed by atoms with E-state index in [0.717, 1.165) is 83.3 Å². The van der Waals surface area contributed by atoms with E-state index in [1.54, 1.807) is 153 Å². The number of hydrogen-bond donors (Lipinski definition) is 5. The Balaban J connectivity index is 0.000000147. The van der Waals surface area contributed by atoms with E-state index < -0.39 is 82.5 Å². The molecule has 25 nitrogen and oxygen atoms in total. The molecule has 5 aromatic heterocycles. The van der Waals surface area contributed by atoms with E-state index in [-0.39, 0.29) is 91.1 Å². The average Bonchev–Trinajstić information content (AvgIpc) is 1.64. The van der Waals surface area contributed by atoms with Crippen LogP contribution in [0.5, 0.6) is 0 Å². The molecule has 0 unspecified atom stereocenters. The molecular weight excluding hydrogens is 1880 g/mol. The average molecular weight is 2000 g/mol. The molecule has 0 bridgehead atoms. The number of ether oxygens (including phenoxy) is 2. The molecule has 6 fully saturated rings. The number of aromatic nitrogens is 10. The fourth-order valence-electron chi connectivity index (χ4n) is 19.5. The number of aliphatic hydroxyl groups excluding tert-OH is 2. The highest BCUT2D eigenvalue weighted by Gasteiger charge is 2.47. The van der Waals surface area contributed by atoms with E-state index in [0.29, 0.717) is 176 Å². The van der Waals surface area contributed by atoms with Crippen molar-refractivity contribution in [1.29, 1.82) is 0 Å². The summed E-state index contributed by atoms with van der Waals surface area (Å²) in [6.07, 6.45) is -11.3. The predicted octanol–water partition coefficient (Wildman–Crippen LogP) is 24.2. The summed E-state index contributed by atoms with van der Waals surface area (Å²) in [5.41, 5.74) is 19.4. The van der Waals surface area contributed by atoms with Gasteiger partial charge in [-0.1, -0.05) is 77.9 Å². The van der Waals surface area contributed by atoms with Crippen LogP contribution in [0.25, 0.3) is 65.6 Å². The lowest BCUT2D eigenvalue weighted by molar-refractivity contribution is -0.151. The quantitative estimate of drug-likeness (QED) is 0.0150. The zero-order chi connectivity index (χ0) is 101. The number of nitrogens with two attached hydrogens (primary N) is 1. The van der Waals surface area contributed by atoms with E-state index in [1.807, 2.05) is 6.92 Å². The molecule has 0 atom stereocenters. The Labute approximate surface area is 789 Å². The molecule has 758 valence electrons. The number of hydrogen-bond acceptors (Lipinski definition) is 18. The van der Waals surface area contributed by atoms with Gasteiger partial charge in [-0.05, 0) is 276 Å². The second kappa shape index (κ2) is 46.6. The number of fused-ring (bicyclic) bond motifs is 6. The third kappa shape index (κ3) is 27.9. The van der Waals surface area contributed by atoms with E-state index in [9.17, 15) is 102 Å². The number of benzene rings is 6. The first-order valence-corrected chi connectivity index (χ1v) is 48.3. The van der Waals surface area contributed by atoms with Crippen molar-refractivity contribution in [3.63, 3.8) is 0 Å². The number of halogens is 18. The first kappa shape index (κ1) is 107. The van der Waals surface area contributed by atoms with Gasteiger partial charge in [0.2, 0.25) is 29.1 Å². The van der Waals surface area contributed by atoms with Gasteiger partial charge >= 0.3 is 49.0 Å². The Morgan fingerprint density at radius 3 is 0.928 bits per heavy atom. The summed E-state index contributed by atoms with van der Waals surface area (Å²) in [5, 5.41) is 26.6. The van der Waals surface area contributed by atoms with Gasteiger partial charge in [0, 0.05) is 48.3 Å². The standard InChI is InChI=1S/C17H19F3N2O2.C16H19F3N2O3S.C15H16F3N5.C15H18F3N3.C15H17F3N2O.C9H16O3.C8H7F3N2/c1-2-24-15(23)11-7-9-12(10-8-11)22-14-6-4-3-5-13(14)21-16(22)17(18,19)20;1-25(22,23)24-10-11-6-8-12(9-7-11)21-14-5-3-2-4-13(14)20-15(21)16(17,18)19;16-15(17,18)14-21-12-3-1-2-4-13(12)23(14)11-7-5-10(6-8-11)9-20-22-19;16-15(17,18)14-20-12-3-1-2-4-13(12)21(14)11-7-5-10(9-19)6-8-11;16-15(17,18)14-19-12-3-1-2-4-13(12)20(14)11-7-5-10(9-21)6-8-11;1-2-12-9(11)7-3-5-8(10)6-4-7;9-8(10,11)7-12-5-3-1-2-4-6(5)13-7/h3-6,11-12H,2,7-10H2,1H3;2-5,11-12H,6-10H2,1H3;1-4,10-11H,5-9H2;1-4,10-11H,5-9,19H2;1-4,10-11,21H,5-9H2;7-8,10H,2-6H2,1H3;1-4,7,12-13H. The molecule has 139 heavy (non-hydrogen) atoms. The molecule has 44 heteroatoms. The second-order valence-electron chi connectivity index (χ2n) is 35.8. The van der Waals surface area contributed by atoms with Crippen LogP contribution in [0.4, 0.5) is 90.4 Å². The van der Waals surface area contributed by atoms with Gasteiger partial charge in [-0.25, -0.2) is 24.9 Å². The van der Waals surface area contributed by atoms with Crippen LogP contribution >= 0.6 is 0 Å². The number of carbonyl (C=O) groups is 2. The second-order valence-corrected chi connectivity index (χ2v) is 37.4. The maximum absolute atomic E-state index is 13.4. The highest BCUT2D eigenvalue weighted by molar-refractivity contribution is 7.86. The van der Waals surface area contributed by atoms with Crippen LogP contribution in [0.2, 0.25) is 0 Å². The highest BCUT2D eigenvalue weighted by atomic mass is 32.2. The van der Waals surface area contributed by atoms with Crippen molar-refractivity contribution < 1.29 is 121 Å². The molecule has 0 spiro atoms. The van der Waals surface area contributed by atoms with Crippen LogP contribution in [0.1, 0.15) is 227 Å². The van der Waals surface area contributed by atoms with Crippen molar-refractivity contribution in [2.24, 2.45) is 46.4 Å². The van der Waals surface area contributed by atoms with E-state index in [1.165, 1.54) is 22.8 Å². The smallest absolute Gasteiger partial charge is 0.449 e. The van der Waals surface area contributed by atoms with Crippen molar-refractivity contribution >= 4 is 88.6 Å². The molecule has 6 N–H and O–H groups in total.